The van der Waals surface area contributed by atoms with Crippen molar-refractivity contribution in [3.63, 3.8) is 0 Å². The summed E-state index contributed by atoms with van der Waals surface area (Å²) < 4.78 is 39.7. The van der Waals surface area contributed by atoms with Crippen LogP contribution in [0.2, 0.25) is 0 Å². The Balaban J connectivity index is 1.60. The summed E-state index contributed by atoms with van der Waals surface area (Å²) in [5.74, 6) is 0.986. The Bertz CT molecular complexity index is 1040. The number of H-pyrrole nitrogens is 1. The van der Waals surface area contributed by atoms with Gasteiger partial charge in [-0.2, -0.15) is 13.2 Å². The number of nitrogens with zero attached hydrogens (tertiary/aromatic N) is 5. The lowest BCUT2D eigenvalue weighted by Crippen LogP contribution is -2.38. The minimum atomic E-state index is -4.21. The molecule has 1 aliphatic carbocycles. The number of hydrogen-bond acceptors (Lipinski definition) is 4. The van der Waals surface area contributed by atoms with Crippen molar-refractivity contribution in [1.82, 2.24) is 29.5 Å². The molecule has 4 rings (SSSR count). The van der Waals surface area contributed by atoms with E-state index in [0.717, 1.165) is 29.8 Å². The van der Waals surface area contributed by atoms with E-state index in [9.17, 15) is 18.0 Å². The first-order chi connectivity index (χ1) is 14.3. The third kappa shape index (κ3) is 3.87. The quantitative estimate of drug-likeness (QED) is 0.650. The lowest BCUT2D eigenvalue weighted by Gasteiger charge is -2.28. The number of hydrogen-bond donors (Lipinski definition) is 1. The zero-order chi connectivity index (χ0) is 21.5. The number of fused-ring (bicyclic) bond motifs is 3. The fraction of sp³-hybridized carbons (Fsp3) is 0.600. The molecule has 3 aromatic heterocycles. The highest BCUT2D eigenvalue weighted by atomic mass is 19.4. The Morgan fingerprint density at radius 3 is 2.83 bits per heavy atom. The van der Waals surface area contributed by atoms with Crippen LogP contribution >= 0.6 is 0 Å². The van der Waals surface area contributed by atoms with Gasteiger partial charge in [0.2, 0.25) is 5.91 Å². The van der Waals surface area contributed by atoms with Gasteiger partial charge >= 0.3 is 6.18 Å². The molecule has 0 bridgehead atoms. The Labute approximate surface area is 171 Å². The van der Waals surface area contributed by atoms with Crippen molar-refractivity contribution in [1.29, 1.82) is 0 Å². The van der Waals surface area contributed by atoms with E-state index in [1.54, 1.807) is 11.1 Å². The molecule has 0 aliphatic heterocycles. The van der Waals surface area contributed by atoms with Crippen molar-refractivity contribution in [2.75, 3.05) is 6.54 Å². The Hall–Kier alpha value is -2.65. The molecule has 30 heavy (non-hydrogen) atoms. The van der Waals surface area contributed by atoms with Crippen LogP contribution in [0.3, 0.4) is 0 Å². The van der Waals surface area contributed by atoms with Crippen LogP contribution in [-0.4, -0.2) is 54.1 Å². The van der Waals surface area contributed by atoms with Gasteiger partial charge in [-0.3, -0.25) is 9.20 Å². The molecular formula is C20H25F3N6O. The summed E-state index contributed by atoms with van der Waals surface area (Å²) in [7, 11) is 0. The summed E-state index contributed by atoms with van der Waals surface area (Å²) in [6, 6.07) is 1.83. The van der Waals surface area contributed by atoms with Crippen LogP contribution in [0.1, 0.15) is 57.7 Å². The second-order valence-corrected chi connectivity index (χ2v) is 8.05. The average molecular weight is 422 g/mol. The van der Waals surface area contributed by atoms with Gasteiger partial charge in [0.1, 0.15) is 5.82 Å². The molecule has 0 radical (unpaired) electrons. The van der Waals surface area contributed by atoms with Crippen LogP contribution in [0, 0.1) is 5.92 Å². The molecular weight excluding hydrogens is 397 g/mol. The van der Waals surface area contributed by atoms with E-state index in [1.165, 1.54) is 6.92 Å². The topological polar surface area (TPSA) is 79.2 Å². The van der Waals surface area contributed by atoms with Crippen molar-refractivity contribution < 1.29 is 18.0 Å². The second kappa shape index (κ2) is 7.88. The summed E-state index contributed by atoms with van der Waals surface area (Å²) in [6.45, 7) is 3.65. The minimum absolute atomic E-state index is 0.0694. The molecule has 1 fully saturated rings. The fourth-order valence-electron chi connectivity index (χ4n) is 4.80. The van der Waals surface area contributed by atoms with Gasteiger partial charge in [-0.25, -0.2) is 4.98 Å². The molecule has 162 valence electrons. The van der Waals surface area contributed by atoms with Crippen molar-refractivity contribution >= 4 is 22.7 Å². The molecule has 1 aliphatic rings. The van der Waals surface area contributed by atoms with Crippen molar-refractivity contribution in [3.8, 4) is 0 Å². The van der Waals surface area contributed by atoms with Crippen LogP contribution in [0.25, 0.3) is 16.8 Å². The second-order valence-electron chi connectivity index (χ2n) is 8.05. The zero-order valence-electron chi connectivity index (χ0n) is 17.0. The van der Waals surface area contributed by atoms with Crippen LogP contribution in [0.5, 0.6) is 0 Å². The molecule has 1 saturated carbocycles. The van der Waals surface area contributed by atoms with E-state index in [-0.39, 0.29) is 36.8 Å². The van der Waals surface area contributed by atoms with E-state index >= 15 is 0 Å². The largest absolute Gasteiger partial charge is 0.389 e. The molecule has 10 heteroatoms. The van der Waals surface area contributed by atoms with Crippen LogP contribution < -0.4 is 0 Å². The fourth-order valence-corrected chi connectivity index (χ4v) is 4.80. The normalized spacial score (nSPS) is 22.2. The molecule has 1 N–H and O–H groups in total. The molecule has 0 saturated heterocycles. The SMILES string of the molecule is CC[C@@H]1C[C@H](N(CCCC(F)(F)F)C(C)=O)CC1c1nnc2cnc3[nH]ccc3n12. The van der Waals surface area contributed by atoms with Gasteiger partial charge in [-0.15, -0.1) is 10.2 Å². The highest BCUT2D eigenvalue weighted by Crippen LogP contribution is 2.43. The summed E-state index contributed by atoms with van der Waals surface area (Å²) in [4.78, 5) is 21.3. The minimum Gasteiger partial charge on any atom is -0.345 e. The number of nitrogens with one attached hydrogen (secondary N) is 1. The maximum absolute atomic E-state index is 12.6. The highest BCUT2D eigenvalue weighted by molar-refractivity contribution is 5.74. The van der Waals surface area contributed by atoms with Gasteiger partial charge in [-0.1, -0.05) is 13.3 Å². The van der Waals surface area contributed by atoms with Gasteiger partial charge in [-0.05, 0) is 31.2 Å². The number of alkyl halides is 3. The maximum Gasteiger partial charge on any atom is 0.389 e. The Morgan fingerprint density at radius 1 is 1.33 bits per heavy atom. The third-order valence-electron chi connectivity index (χ3n) is 6.20. The van der Waals surface area contributed by atoms with E-state index in [4.69, 9.17) is 0 Å². The van der Waals surface area contributed by atoms with Gasteiger partial charge in [0.05, 0.1) is 11.7 Å². The molecule has 0 spiro atoms. The average Bonchev–Trinajstić information content (AvgIpc) is 3.39. The number of carbonyl (C=O) groups is 1. The maximum atomic E-state index is 12.6. The van der Waals surface area contributed by atoms with E-state index < -0.39 is 12.6 Å². The monoisotopic (exact) mass is 422 g/mol. The van der Waals surface area contributed by atoms with E-state index in [0.29, 0.717) is 12.1 Å². The first kappa shape index (κ1) is 20.6. The van der Waals surface area contributed by atoms with Gasteiger partial charge < -0.3 is 9.88 Å². The summed E-state index contributed by atoms with van der Waals surface area (Å²) in [6.07, 6.45) is 0.633. The van der Waals surface area contributed by atoms with Crippen molar-refractivity contribution in [2.24, 2.45) is 5.92 Å². The van der Waals surface area contributed by atoms with Gasteiger partial charge in [0.15, 0.2) is 11.3 Å². The molecule has 3 aromatic rings. The standard InChI is InChI=1S/C20H25F3N6O/c1-3-13-9-14(28(12(2)30)8-4-6-20(21,22)23)10-15(13)19-27-26-17-11-25-18-16(29(17)19)5-7-24-18/h5,7,11,13-15,24H,3-4,6,8-10H2,1-2H3/t13-,14+,15?/m1/s1. The van der Waals surface area contributed by atoms with E-state index in [1.807, 2.05) is 16.7 Å². The number of carbonyl (C=O) groups excluding carboxylic acids is 1. The summed E-state index contributed by atoms with van der Waals surface area (Å²) in [5, 5.41) is 8.72. The lowest BCUT2D eigenvalue weighted by atomic mass is 9.93. The molecule has 7 nitrogen and oxygen atoms in total. The number of amides is 1. The van der Waals surface area contributed by atoms with Crippen LogP contribution in [-0.2, 0) is 4.79 Å². The Kier molecular flexibility index (Phi) is 5.42. The molecule has 1 unspecified atom stereocenters. The summed E-state index contributed by atoms with van der Waals surface area (Å²) in [5.41, 5.74) is 2.28. The van der Waals surface area contributed by atoms with Gasteiger partial charge in [0, 0.05) is 38.0 Å². The molecule has 0 aromatic carbocycles. The molecule has 1 amide bonds. The lowest BCUT2D eigenvalue weighted by molar-refractivity contribution is -0.141. The van der Waals surface area contributed by atoms with Crippen LogP contribution in [0.15, 0.2) is 18.5 Å². The third-order valence-corrected chi connectivity index (χ3v) is 6.20. The number of aromatic nitrogens is 5. The van der Waals surface area contributed by atoms with Gasteiger partial charge in [0.25, 0.3) is 0 Å². The van der Waals surface area contributed by atoms with Crippen molar-refractivity contribution in [2.45, 2.75) is 64.1 Å². The number of rotatable bonds is 6. The van der Waals surface area contributed by atoms with E-state index in [2.05, 4.69) is 27.1 Å². The predicted molar refractivity (Wildman–Crippen MR) is 105 cm³/mol. The number of aromatic amines is 1. The highest BCUT2D eigenvalue weighted by Gasteiger charge is 2.40. The first-order valence-corrected chi connectivity index (χ1v) is 10.3. The molecule has 3 heterocycles. The predicted octanol–water partition coefficient (Wildman–Crippen LogP) is 4.07. The number of halogens is 3. The smallest absolute Gasteiger partial charge is 0.345 e. The first-order valence-electron chi connectivity index (χ1n) is 10.3. The van der Waals surface area contributed by atoms with Crippen molar-refractivity contribution in [3.05, 3.63) is 24.3 Å². The van der Waals surface area contributed by atoms with Crippen LogP contribution in [0.4, 0.5) is 13.2 Å². The summed E-state index contributed by atoms with van der Waals surface area (Å²) >= 11 is 0. The molecule has 3 atom stereocenters. The Morgan fingerprint density at radius 2 is 2.13 bits per heavy atom. The zero-order valence-corrected chi connectivity index (χ0v) is 17.0.